The highest BCUT2D eigenvalue weighted by molar-refractivity contribution is 6.35. The molecular weight excluding hydrogens is 248 g/mol. The van der Waals surface area contributed by atoms with Crippen LogP contribution in [0.25, 0.3) is 10.8 Å². The van der Waals surface area contributed by atoms with Gasteiger partial charge in [-0.2, -0.15) is 0 Å². The van der Waals surface area contributed by atoms with Gasteiger partial charge in [0.2, 0.25) is 5.91 Å². The summed E-state index contributed by atoms with van der Waals surface area (Å²) in [7, 11) is 0. The fourth-order valence-electron chi connectivity index (χ4n) is 2.49. The van der Waals surface area contributed by atoms with Gasteiger partial charge >= 0.3 is 0 Å². The Morgan fingerprint density at radius 3 is 2.94 bits per heavy atom. The summed E-state index contributed by atoms with van der Waals surface area (Å²) in [5, 5.41) is 2.55. The molecule has 0 N–H and O–H groups in total. The van der Waals surface area contributed by atoms with Gasteiger partial charge in [0.1, 0.15) is 0 Å². The largest absolute Gasteiger partial charge is 0.310 e. The first-order chi connectivity index (χ1) is 8.66. The molecule has 0 saturated carbocycles. The average molecular weight is 261 g/mol. The molecule has 0 aliphatic carbocycles. The summed E-state index contributed by atoms with van der Waals surface area (Å²) in [4.78, 5) is 17.8. The van der Waals surface area contributed by atoms with E-state index in [1.54, 1.807) is 12.4 Å². The van der Waals surface area contributed by atoms with E-state index in [9.17, 15) is 4.79 Å². The molecule has 0 spiro atoms. The van der Waals surface area contributed by atoms with Crippen LogP contribution in [0.15, 0.2) is 30.6 Å². The van der Waals surface area contributed by atoms with Crippen molar-refractivity contribution in [3.63, 3.8) is 0 Å². The van der Waals surface area contributed by atoms with E-state index in [0.29, 0.717) is 11.4 Å². The van der Waals surface area contributed by atoms with E-state index < -0.39 is 0 Å². The topological polar surface area (TPSA) is 33.2 Å². The van der Waals surface area contributed by atoms with Gasteiger partial charge in [-0.1, -0.05) is 17.7 Å². The fraction of sp³-hybridized carbons (Fsp3) is 0.286. The van der Waals surface area contributed by atoms with Crippen LogP contribution in [0.2, 0.25) is 5.02 Å². The maximum absolute atomic E-state index is 11.9. The molecule has 4 heteroatoms. The van der Waals surface area contributed by atoms with Crippen molar-refractivity contribution in [2.24, 2.45) is 0 Å². The minimum Gasteiger partial charge on any atom is -0.310 e. The zero-order valence-electron chi connectivity index (χ0n) is 10.1. The molecule has 3 nitrogen and oxygen atoms in total. The second-order valence-corrected chi connectivity index (χ2v) is 5.09. The Morgan fingerprint density at radius 2 is 2.22 bits per heavy atom. The number of hydrogen-bond donors (Lipinski definition) is 0. The van der Waals surface area contributed by atoms with Crippen LogP contribution in [0.5, 0.6) is 0 Å². The van der Waals surface area contributed by atoms with Crippen molar-refractivity contribution in [3.05, 3.63) is 35.6 Å². The summed E-state index contributed by atoms with van der Waals surface area (Å²) in [6.45, 7) is 2.07. The van der Waals surface area contributed by atoms with Crippen molar-refractivity contribution >= 4 is 34.0 Å². The summed E-state index contributed by atoms with van der Waals surface area (Å²) in [5.41, 5.74) is 0.922. The first kappa shape index (κ1) is 11.5. The normalized spacial score (nSPS) is 19.8. The number of fused-ring (bicyclic) bond motifs is 1. The molecule has 1 aromatic heterocycles. The molecule has 1 aromatic carbocycles. The molecule has 2 heterocycles. The lowest BCUT2D eigenvalue weighted by atomic mass is 10.1. The number of nitrogens with zero attached hydrogens (tertiary/aromatic N) is 2. The van der Waals surface area contributed by atoms with Crippen molar-refractivity contribution < 1.29 is 4.79 Å². The maximum Gasteiger partial charge on any atom is 0.227 e. The molecule has 0 unspecified atom stereocenters. The number of anilines is 1. The van der Waals surface area contributed by atoms with E-state index >= 15 is 0 Å². The summed E-state index contributed by atoms with van der Waals surface area (Å²) in [6.07, 6.45) is 4.95. The molecule has 1 aliphatic rings. The predicted octanol–water partition coefficient (Wildman–Crippen LogP) is 3.40. The number of carbonyl (C=O) groups is 1. The third-order valence-electron chi connectivity index (χ3n) is 3.46. The van der Waals surface area contributed by atoms with Crippen molar-refractivity contribution in [1.82, 2.24) is 4.98 Å². The monoisotopic (exact) mass is 260 g/mol. The molecule has 92 valence electrons. The van der Waals surface area contributed by atoms with Gasteiger partial charge in [0.15, 0.2) is 0 Å². The van der Waals surface area contributed by atoms with Gasteiger partial charge in [0, 0.05) is 41.3 Å². The van der Waals surface area contributed by atoms with Gasteiger partial charge in [-0.15, -0.1) is 0 Å². The third-order valence-corrected chi connectivity index (χ3v) is 3.76. The Kier molecular flexibility index (Phi) is 2.71. The smallest absolute Gasteiger partial charge is 0.227 e. The van der Waals surface area contributed by atoms with E-state index in [0.717, 1.165) is 22.9 Å². The highest BCUT2D eigenvalue weighted by Crippen LogP contribution is 2.31. The molecule has 3 rings (SSSR count). The standard InChI is InChI=1S/C14H13ClN2O/c1-9-2-5-14(18)17(9)11-4-3-10-7-16-8-13(15)12(10)6-11/h3-4,6-9H,2,5H2,1H3/t9-/m1/s1. The number of benzene rings is 1. The van der Waals surface area contributed by atoms with Crippen LogP contribution < -0.4 is 4.90 Å². The highest BCUT2D eigenvalue weighted by atomic mass is 35.5. The lowest BCUT2D eigenvalue weighted by Crippen LogP contribution is -2.30. The van der Waals surface area contributed by atoms with Crippen LogP contribution in [0.3, 0.4) is 0 Å². The van der Waals surface area contributed by atoms with Crippen molar-refractivity contribution in [2.75, 3.05) is 4.90 Å². The molecule has 1 atom stereocenters. The lowest BCUT2D eigenvalue weighted by molar-refractivity contribution is -0.117. The fourth-order valence-corrected chi connectivity index (χ4v) is 2.71. The molecular formula is C14H13ClN2O. The third kappa shape index (κ3) is 1.75. The van der Waals surface area contributed by atoms with Crippen LogP contribution in [0.4, 0.5) is 5.69 Å². The van der Waals surface area contributed by atoms with Crippen LogP contribution in [-0.4, -0.2) is 16.9 Å². The molecule has 1 fully saturated rings. The molecule has 2 aromatic rings. The minimum absolute atomic E-state index is 0.187. The van der Waals surface area contributed by atoms with Gasteiger partial charge in [0.25, 0.3) is 0 Å². The van der Waals surface area contributed by atoms with Crippen LogP contribution in [-0.2, 0) is 4.79 Å². The molecule has 0 radical (unpaired) electrons. The average Bonchev–Trinajstić information content (AvgIpc) is 2.69. The summed E-state index contributed by atoms with van der Waals surface area (Å²) in [6, 6.07) is 6.15. The number of halogens is 1. The Hall–Kier alpha value is -1.61. The van der Waals surface area contributed by atoms with E-state index in [4.69, 9.17) is 11.6 Å². The lowest BCUT2D eigenvalue weighted by Gasteiger charge is -2.22. The van der Waals surface area contributed by atoms with Crippen LogP contribution in [0.1, 0.15) is 19.8 Å². The van der Waals surface area contributed by atoms with E-state index in [1.165, 1.54) is 0 Å². The first-order valence-corrected chi connectivity index (χ1v) is 6.40. The van der Waals surface area contributed by atoms with Crippen molar-refractivity contribution in [1.29, 1.82) is 0 Å². The number of carbonyl (C=O) groups excluding carboxylic acids is 1. The first-order valence-electron chi connectivity index (χ1n) is 6.02. The number of aromatic nitrogens is 1. The number of rotatable bonds is 1. The number of amides is 1. The van der Waals surface area contributed by atoms with E-state index in [-0.39, 0.29) is 11.9 Å². The van der Waals surface area contributed by atoms with E-state index in [1.807, 2.05) is 23.1 Å². The van der Waals surface area contributed by atoms with Crippen molar-refractivity contribution in [3.8, 4) is 0 Å². The van der Waals surface area contributed by atoms with Crippen molar-refractivity contribution in [2.45, 2.75) is 25.8 Å². The van der Waals surface area contributed by atoms with E-state index in [2.05, 4.69) is 11.9 Å². The Labute approximate surface area is 110 Å². The molecule has 1 amide bonds. The van der Waals surface area contributed by atoms with Gasteiger partial charge in [-0.05, 0) is 25.5 Å². The molecule has 0 bridgehead atoms. The Bertz CT molecular complexity index is 626. The SMILES string of the molecule is C[C@@H]1CCC(=O)N1c1ccc2cncc(Cl)c2c1. The quantitative estimate of drug-likeness (QED) is 0.787. The molecule has 18 heavy (non-hydrogen) atoms. The Morgan fingerprint density at radius 1 is 1.39 bits per heavy atom. The molecule has 1 saturated heterocycles. The van der Waals surface area contributed by atoms with Gasteiger partial charge in [-0.25, -0.2) is 0 Å². The summed E-state index contributed by atoms with van der Waals surface area (Å²) in [5.74, 6) is 0.187. The second-order valence-electron chi connectivity index (χ2n) is 4.68. The zero-order chi connectivity index (χ0) is 12.7. The zero-order valence-corrected chi connectivity index (χ0v) is 10.8. The summed E-state index contributed by atoms with van der Waals surface area (Å²) < 4.78 is 0. The highest BCUT2D eigenvalue weighted by Gasteiger charge is 2.28. The number of hydrogen-bond acceptors (Lipinski definition) is 2. The summed E-state index contributed by atoms with van der Waals surface area (Å²) >= 11 is 6.14. The van der Waals surface area contributed by atoms with Gasteiger partial charge < -0.3 is 4.90 Å². The van der Waals surface area contributed by atoms with Gasteiger partial charge in [-0.3, -0.25) is 9.78 Å². The molecule has 1 aliphatic heterocycles. The minimum atomic E-state index is 0.187. The maximum atomic E-state index is 11.9. The van der Waals surface area contributed by atoms with Crippen LogP contribution in [0, 0.1) is 0 Å². The van der Waals surface area contributed by atoms with Gasteiger partial charge in [0.05, 0.1) is 5.02 Å². The predicted molar refractivity (Wildman–Crippen MR) is 72.9 cm³/mol. The van der Waals surface area contributed by atoms with Crippen LogP contribution >= 0.6 is 11.6 Å². The Balaban J connectivity index is 2.13. The second kappa shape index (κ2) is 4.25. The number of pyridine rings is 1.